The van der Waals surface area contributed by atoms with Crippen molar-refractivity contribution in [2.45, 2.75) is 46.2 Å². The summed E-state index contributed by atoms with van der Waals surface area (Å²) in [6.45, 7) is 8.19. The van der Waals surface area contributed by atoms with Gasteiger partial charge >= 0.3 is 0 Å². The third-order valence-electron chi connectivity index (χ3n) is 3.27. The van der Waals surface area contributed by atoms with Gasteiger partial charge < -0.3 is 0 Å². The summed E-state index contributed by atoms with van der Waals surface area (Å²) in [4.78, 5) is 8.02. The zero-order valence-electron chi connectivity index (χ0n) is 12.6. The Morgan fingerprint density at radius 3 is 2.65 bits per heavy atom. The molecule has 0 saturated heterocycles. The maximum absolute atomic E-state index is 4.51. The van der Waals surface area contributed by atoms with E-state index >= 15 is 0 Å². The van der Waals surface area contributed by atoms with Gasteiger partial charge in [-0.3, -0.25) is 9.88 Å². The summed E-state index contributed by atoms with van der Waals surface area (Å²) >= 11 is 1.50. The molecule has 2 aromatic rings. The van der Waals surface area contributed by atoms with Crippen LogP contribution in [0.25, 0.3) is 0 Å². The second-order valence-corrected chi connectivity index (χ2v) is 6.26. The highest BCUT2D eigenvalue weighted by Gasteiger charge is 2.13. The van der Waals surface area contributed by atoms with E-state index in [2.05, 4.69) is 59.4 Å². The van der Waals surface area contributed by atoms with Gasteiger partial charge in [-0.05, 0) is 42.5 Å². The normalized spacial score (nSPS) is 11.5. The van der Waals surface area contributed by atoms with Crippen LogP contribution in [-0.2, 0) is 19.5 Å². The van der Waals surface area contributed by atoms with Gasteiger partial charge in [0.2, 0.25) is 0 Å². The van der Waals surface area contributed by atoms with Crippen molar-refractivity contribution < 1.29 is 0 Å². The maximum atomic E-state index is 4.51. The minimum Gasteiger partial charge on any atom is -0.295 e. The summed E-state index contributed by atoms with van der Waals surface area (Å²) in [5.74, 6) is 0.430. The summed E-state index contributed by atoms with van der Waals surface area (Å²) in [6, 6.07) is 4.27. The molecule has 0 aliphatic carbocycles. The molecule has 0 saturated carbocycles. The first-order chi connectivity index (χ1) is 9.60. The molecule has 0 bridgehead atoms. The summed E-state index contributed by atoms with van der Waals surface area (Å²) in [6.07, 6.45) is 3.00. The molecule has 0 atom stereocenters. The van der Waals surface area contributed by atoms with Crippen LogP contribution in [-0.4, -0.2) is 26.5 Å². The highest BCUT2D eigenvalue weighted by atomic mass is 32.1. The first-order valence-electron chi connectivity index (χ1n) is 7.03. The maximum Gasteiger partial charge on any atom is 0.0826 e. The Morgan fingerprint density at radius 1 is 1.25 bits per heavy atom. The Bertz CT molecular complexity index is 533. The van der Waals surface area contributed by atoms with Crippen molar-refractivity contribution in [1.29, 1.82) is 0 Å². The van der Waals surface area contributed by atoms with E-state index in [0.29, 0.717) is 5.92 Å². The molecule has 0 fully saturated rings. The molecule has 20 heavy (non-hydrogen) atoms. The van der Waals surface area contributed by atoms with Crippen LogP contribution in [0.3, 0.4) is 0 Å². The monoisotopic (exact) mass is 290 g/mol. The molecule has 0 radical (unpaired) electrons. The SMILES string of the molecule is CCc1ccc(CN(C)Cc2snnc2C(C)C)nc1. The molecule has 0 aliphatic heterocycles. The molecule has 0 aliphatic rings. The van der Waals surface area contributed by atoms with Crippen LogP contribution in [0.1, 0.15) is 48.5 Å². The van der Waals surface area contributed by atoms with Gasteiger partial charge in [0.05, 0.1) is 16.3 Å². The zero-order valence-corrected chi connectivity index (χ0v) is 13.4. The van der Waals surface area contributed by atoms with E-state index in [0.717, 1.165) is 30.9 Å². The van der Waals surface area contributed by atoms with Gasteiger partial charge in [0.1, 0.15) is 0 Å². The van der Waals surface area contributed by atoms with E-state index in [-0.39, 0.29) is 0 Å². The number of hydrogen-bond donors (Lipinski definition) is 0. The number of pyridine rings is 1. The lowest BCUT2D eigenvalue weighted by Gasteiger charge is -2.16. The first kappa shape index (κ1) is 15.1. The van der Waals surface area contributed by atoms with Crippen LogP contribution < -0.4 is 0 Å². The lowest BCUT2D eigenvalue weighted by Crippen LogP contribution is -2.18. The fourth-order valence-electron chi connectivity index (χ4n) is 2.10. The van der Waals surface area contributed by atoms with Crippen LogP contribution in [0.2, 0.25) is 0 Å². The second-order valence-electron chi connectivity index (χ2n) is 5.42. The van der Waals surface area contributed by atoms with Crippen molar-refractivity contribution in [2.75, 3.05) is 7.05 Å². The number of nitrogens with zero attached hydrogens (tertiary/aromatic N) is 4. The highest BCUT2D eigenvalue weighted by molar-refractivity contribution is 7.05. The van der Waals surface area contributed by atoms with Crippen molar-refractivity contribution in [3.05, 3.63) is 40.2 Å². The second kappa shape index (κ2) is 6.90. The van der Waals surface area contributed by atoms with E-state index in [1.807, 2.05) is 6.20 Å². The fraction of sp³-hybridized carbons (Fsp3) is 0.533. The van der Waals surface area contributed by atoms with Gasteiger partial charge in [0, 0.05) is 19.3 Å². The Hall–Kier alpha value is -1.33. The summed E-state index contributed by atoms with van der Waals surface area (Å²) < 4.78 is 4.08. The van der Waals surface area contributed by atoms with Gasteiger partial charge in [-0.15, -0.1) is 5.10 Å². The van der Waals surface area contributed by atoms with Gasteiger partial charge in [-0.2, -0.15) is 0 Å². The molecule has 4 nitrogen and oxygen atoms in total. The minimum absolute atomic E-state index is 0.430. The van der Waals surface area contributed by atoms with E-state index in [1.54, 1.807) is 0 Å². The summed E-state index contributed by atoms with van der Waals surface area (Å²) in [7, 11) is 2.11. The molecule has 108 valence electrons. The fourth-order valence-corrected chi connectivity index (χ4v) is 2.97. The van der Waals surface area contributed by atoms with Gasteiger partial charge in [0.25, 0.3) is 0 Å². The van der Waals surface area contributed by atoms with Crippen LogP contribution in [0.15, 0.2) is 18.3 Å². The molecule has 2 aromatic heterocycles. The van der Waals surface area contributed by atoms with Crippen molar-refractivity contribution >= 4 is 11.5 Å². The molecular weight excluding hydrogens is 268 g/mol. The largest absolute Gasteiger partial charge is 0.295 e. The molecule has 0 aromatic carbocycles. The smallest absolute Gasteiger partial charge is 0.0826 e. The molecule has 0 unspecified atom stereocenters. The van der Waals surface area contributed by atoms with Gasteiger partial charge in [0.15, 0.2) is 0 Å². The van der Waals surface area contributed by atoms with Crippen molar-refractivity contribution in [3.8, 4) is 0 Å². The van der Waals surface area contributed by atoms with Crippen molar-refractivity contribution in [3.63, 3.8) is 0 Å². The molecule has 0 spiro atoms. The lowest BCUT2D eigenvalue weighted by atomic mass is 10.1. The molecule has 0 amide bonds. The van der Waals surface area contributed by atoms with E-state index in [9.17, 15) is 0 Å². The lowest BCUT2D eigenvalue weighted by molar-refractivity contribution is 0.316. The average Bonchev–Trinajstić information content (AvgIpc) is 2.87. The van der Waals surface area contributed by atoms with E-state index in [4.69, 9.17) is 0 Å². The Labute approximate surface area is 125 Å². The number of rotatable bonds is 6. The number of hydrogen-bond acceptors (Lipinski definition) is 5. The minimum atomic E-state index is 0.430. The molecule has 5 heteroatoms. The molecule has 0 N–H and O–H groups in total. The molecule has 2 rings (SSSR count). The summed E-state index contributed by atoms with van der Waals surface area (Å²) in [5, 5.41) is 4.22. The van der Waals surface area contributed by atoms with E-state index in [1.165, 1.54) is 22.0 Å². The first-order valence-corrected chi connectivity index (χ1v) is 7.81. The zero-order chi connectivity index (χ0) is 14.5. The number of aryl methyl sites for hydroxylation is 1. The predicted molar refractivity (Wildman–Crippen MR) is 82.8 cm³/mol. The van der Waals surface area contributed by atoms with Gasteiger partial charge in [-0.1, -0.05) is 31.3 Å². The van der Waals surface area contributed by atoms with Crippen LogP contribution in [0.4, 0.5) is 0 Å². The van der Waals surface area contributed by atoms with Crippen LogP contribution >= 0.6 is 11.5 Å². The molecule has 2 heterocycles. The quantitative estimate of drug-likeness (QED) is 0.819. The van der Waals surface area contributed by atoms with Crippen LogP contribution in [0, 0.1) is 0 Å². The van der Waals surface area contributed by atoms with Crippen molar-refractivity contribution in [1.82, 2.24) is 19.5 Å². The topological polar surface area (TPSA) is 41.9 Å². The highest BCUT2D eigenvalue weighted by Crippen LogP contribution is 2.21. The Kier molecular flexibility index (Phi) is 5.20. The average molecular weight is 290 g/mol. The Balaban J connectivity index is 1.97. The van der Waals surface area contributed by atoms with E-state index < -0.39 is 0 Å². The van der Waals surface area contributed by atoms with Crippen molar-refractivity contribution in [2.24, 2.45) is 0 Å². The standard InChI is InChI=1S/C15H22N4S/c1-5-12-6-7-13(16-8-12)9-19(4)10-14-15(11(2)3)17-18-20-14/h6-8,11H,5,9-10H2,1-4H3. The number of aromatic nitrogens is 3. The van der Waals surface area contributed by atoms with Crippen LogP contribution in [0.5, 0.6) is 0 Å². The Morgan fingerprint density at radius 2 is 2.05 bits per heavy atom. The van der Waals surface area contributed by atoms with Gasteiger partial charge in [-0.25, -0.2) is 0 Å². The third kappa shape index (κ3) is 3.84. The summed E-state index contributed by atoms with van der Waals surface area (Å²) in [5.41, 5.74) is 3.51. The predicted octanol–water partition coefficient (Wildman–Crippen LogP) is 3.25. The molecular formula is C15H22N4S. The third-order valence-corrected chi connectivity index (χ3v) is 3.99.